The molecule has 6 heteroatoms. The van der Waals surface area contributed by atoms with Crippen LogP contribution in [0.2, 0.25) is 0 Å². The van der Waals surface area contributed by atoms with E-state index in [1.165, 1.54) is 6.20 Å². The van der Waals surface area contributed by atoms with Gasteiger partial charge in [0.2, 0.25) is 0 Å². The second-order valence-corrected chi connectivity index (χ2v) is 6.65. The molecule has 23 heavy (non-hydrogen) atoms. The first-order valence-electron chi connectivity index (χ1n) is 6.94. The normalized spacial score (nSPS) is 11.1. The van der Waals surface area contributed by atoms with Crippen molar-refractivity contribution in [2.45, 2.75) is 4.90 Å². The molecule has 0 aliphatic carbocycles. The molecule has 0 unspecified atom stereocenters. The highest BCUT2D eigenvalue weighted by Gasteiger charge is 2.14. The molecule has 0 saturated carbocycles. The number of pyridine rings is 1. The second kappa shape index (κ2) is 6.10. The Hall–Kier alpha value is -2.86. The number of sulfonamides is 1. The Bertz CT molecular complexity index is 891. The van der Waals surface area contributed by atoms with Gasteiger partial charge in [-0.3, -0.25) is 4.72 Å². The molecule has 1 aromatic heterocycles. The van der Waals surface area contributed by atoms with Crippen molar-refractivity contribution in [3.8, 4) is 11.1 Å². The standard InChI is InChI=1S/C17H15N3O2S/c18-15-8-4-13(5-9-15)14-6-10-16(11-7-14)23(21,22)20-17-3-1-2-12-19-17/h1-12H,18H2,(H,19,20). The Morgan fingerprint density at radius 3 is 2.00 bits per heavy atom. The van der Waals surface area contributed by atoms with Gasteiger partial charge in [0.1, 0.15) is 5.82 Å². The number of rotatable bonds is 4. The lowest BCUT2D eigenvalue weighted by molar-refractivity contribution is 0.601. The molecule has 3 aromatic rings. The lowest BCUT2D eigenvalue weighted by Crippen LogP contribution is -2.13. The number of nitrogens with zero attached hydrogens (tertiary/aromatic N) is 1. The molecule has 3 N–H and O–H groups in total. The minimum absolute atomic E-state index is 0.183. The number of hydrogen-bond donors (Lipinski definition) is 2. The SMILES string of the molecule is Nc1ccc(-c2ccc(S(=O)(=O)Nc3ccccn3)cc2)cc1. The number of nitrogens with one attached hydrogen (secondary N) is 1. The molecule has 0 aliphatic heterocycles. The maximum Gasteiger partial charge on any atom is 0.263 e. The molecule has 0 radical (unpaired) electrons. The van der Waals surface area contributed by atoms with Crippen LogP contribution in [0, 0.1) is 0 Å². The van der Waals surface area contributed by atoms with Gasteiger partial charge in [-0.1, -0.05) is 30.3 Å². The van der Waals surface area contributed by atoms with Gasteiger partial charge in [0.25, 0.3) is 10.0 Å². The van der Waals surface area contributed by atoms with Gasteiger partial charge in [0.15, 0.2) is 0 Å². The molecule has 0 spiro atoms. The van der Waals surface area contributed by atoms with Crippen molar-refractivity contribution in [1.29, 1.82) is 0 Å². The van der Waals surface area contributed by atoms with Crippen molar-refractivity contribution < 1.29 is 8.42 Å². The molecular weight excluding hydrogens is 310 g/mol. The Balaban J connectivity index is 1.85. The maximum absolute atomic E-state index is 12.3. The van der Waals surface area contributed by atoms with Crippen LogP contribution < -0.4 is 10.5 Å². The van der Waals surface area contributed by atoms with Gasteiger partial charge >= 0.3 is 0 Å². The van der Waals surface area contributed by atoms with E-state index in [1.54, 1.807) is 42.5 Å². The van der Waals surface area contributed by atoms with Gasteiger partial charge in [0, 0.05) is 11.9 Å². The number of nitrogen functional groups attached to an aromatic ring is 1. The summed E-state index contributed by atoms with van der Waals surface area (Å²) in [4.78, 5) is 4.14. The van der Waals surface area contributed by atoms with Crippen LogP contribution in [0.5, 0.6) is 0 Å². The lowest BCUT2D eigenvalue weighted by atomic mass is 10.1. The Labute approximate surface area is 134 Å². The van der Waals surface area contributed by atoms with E-state index < -0.39 is 10.0 Å². The van der Waals surface area contributed by atoms with Gasteiger partial charge in [0.05, 0.1) is 4.90 Å². The fourth-order valence-electron chi connectivity index (χ4n) is 2.12. The van der Waals surface area contributed by atoms with Gasteiger partial charge in [-0.15, -0.1) is 0 Å². The number of nitrogens with two attached hydrogens (primary N) is 1. The fraction of sp³-hybridized carbons (Fsp3) is 0. The topological polar surface area (TPSA) is 85.1 Å². The number of benzene rings is 2. The molecule has 0 saturated heterocycles. The van der Waals surface area contributed by atoms with E-state index in [1.807, 2.05) is 24.3 Å². The predicted octanol–water partition coefficient (Wildman–Crippen LogP) is 3.13. The summed E-state index contributed by atoms with van der Waals surface area (Å²) in [6, 6.07) is 19.1. The average Bonchev–Trinajstić information content (AvgIpc) is 2.56. The lowest BCUT2D eigenvalue weighted by Gasteiger charge is -2.08. The summed E-state index contributed by atoms with van der Waals surface area (Å²) >= 11 is 0. The third kappa shape index (κ3) is 3.49. The van der Waals surface area contributed by atoms with Gasteiger partial charge in [-0.2, -0.15) is 0 Å². The van der Waals surface area contributed by atoms with Crippen LogP contribution in [-0.4, -0.2) is 13.4 Å². The quantitative estimate of drug-likeness (QED) is 0.722. The first-order chi connectivity index (χ1) is 11.0. The Morgan fingerprint density at radius 1 is 0.826 bits per heavy atom. The molecule has 0 amide bonds. The Morgan fingerprint density at radius 2 is 1.43 bits per heavy atom. The first-order valence-corrected chi connectivity index (χ1v) is 8.43. The van der Waals surface area contributed by atoms with Gasteiger partial charge in [-0.05, 0) is 47.5 Å². The molecule has 3 rings (SSSR count). The second-order valence-electron chi connectivity index (χ2n) is 4.97. The molecule has 116 valence electrons. The minimum Gasteiger partial charge on any atom is -0.399 e. The van der Waals surface area contributed by atoms with Crippen molar-refractivity contribution in [3.63, 3.8) is 0 Å². The van der Waals surface area contributed by atoms with E-state index >= 15 is 0 Å². The van der Waals surface area contributed by atoms with E-state index in [4.69, 9.17) is 5.73 Å². The van der Waals surface area contributed by atoms with Gasteiger partial charge in [-0.25, -0.2) is 13.4 Å². The van der Waals surface area contributed by atoms with Gasteiger partial charge < -0.3 is 5.73 Å². The maximum atomic E-state index is 12.3. The third-order valence-electron chi connectivity index (χ3n) is 3.31. The minimum atomic E-state index is -3.65. The summed E-state index contributed by atoms with van der Waals surface area (Å²) < 4.78 is 27.1. The molecule has 2 aromatic carbocycles. The summed E-state index contributed by atoms with van der Waals surface area (Å²) in [6.45, 7) is 0. The fourth-order valence-corrected chi connectivity index (χ4v) is 3.13. The van der Waals surface area contributed by atoms with Crippen LogP contribution in [-0.2, 0) is 10.0 Å². The van der Waals surface area contributed by atoms with E-state index in [9.17, 15) is 8.42 Å². The monoisotopic (exact) mass is 325 g/mol. The van der Waals surface area contributed by atoms with E-state index in [-0.39, 0.29) is 10.7 Å². The van der Waals surface area contributed by atoms with Crippen molar-refractivity contribution >= 4 is 21.5 Å². The van der Waals surface area contributed by atoms with Crippen molar-refractivity contribution in [2.24, 2.45) is 0 Å². The zero-order valence-corrected chi connectivity index (χ0v) is 13.0. The van der Waals surface area contributed by atoms with E-state index in [2.05, 4.69) is 9.71 Å². The Kier molecular flexibility index (Phi) is 3.99. The summed E-state index contributed by atoms with van der Waals surface area (Å²) in [5, 5.41) is 0. The van der Waals surface area contributed by atoms with Crippen LogP contribution >= 0.6 is 0 Å². The van der Waals surface area contributed by atoms with Crippen molar-refractivity contribution in [3.05, 3.63) is 72.9 Å². The van der Waals surface area contributed by atoms with Crippen LogP contribution in [0.1, 0.15) is 0 Å². The van der Waals surface area contributed by atoms with Crippen LogP contribution in [0.3, 0.4) is 0 Å². The van der Waals surface area contributed by atoms with Crippen LogP contribution in [0.15, 0.2) is 77.8 Å². The largest absolute Gasteiger partial charge is 0.399 e. The highest BCUT2D eigenvalue weighted by atomic mass is 32.2. The highest BCUT2D eigenvalue weighted by molar-refractivity contribution is 7.92. The van der Waals surface area contributed by atoms with Crippen LogP contribution in [0.4, 0.5) is 11.5 Å². The molecule has 0 atom stereocenters. The molecule has 0 fully saturated rings. The number of aromatic nitrogens is 1. The summed E-state index contributed by atoms with van der Waals surface area (Å²) in [6.07, 6.45) is 1.53. The van der Waals surface area contributed by atoms with Crippen molar-refractivity contribution in [1.82, 2.24) is 4.98 Å². The van der Waals surface area contributed by atoms with E-state index in [0.29, 0.717) is 5.69 Å². The number of anilines is 2. The highest BCUT2D eigenvalue weighted by Crippen LogP contribution is 2.23. The third-order valence-corrected chi connectivity index (χ3v) is 4.68. The summed E-state index contributed by atoms with van der Waals surface area (Å²) in [5.41, 5.74) is 8.24. The molecule has 0 aliphatic rings. The first kappa shape index (κ1) is 15.1. The van der Waals surface area contributed by atoms with E-state index in [0.717, 1.165) is 11.1 Å². The molecule has 0 bridgehead atoms. The van der Waals surface area contributed by atoms with Crippen LogP contribution in [0.25, 0.3) is 11.1 Å². The zero-order chi connectivity index (χ0) is 16.3. The average molecular weight is 325 g/mol. The molecule has 1 heterocycles. The summed E-state index contributed by atoms with van der Waals surface area (Å²) in [5.74, 6) is 0.287. The van der Waals surface area contributed by atoms with Crippen molar-refractivity contribution in [2.75, 3.05) is 10.5 Å². The predicted molar refractivity (Wildman–Crippen MR) is 91.3 cm³/mol. The summed E-state index contributed by atoms with van der Waals surface area (Å²) in [7, 11) is -3.65. The molecule has 5 nitrogen and oxygen atoms in total. The smallest absolute Gasteiger partial charge is 0.263 e. The molecular formula is C17H15N3O2S. The zero-order valence-electron chi connectivity index (χ0n) is 12.2. The number of hydrogen-bond acceptors (Lipinski definition) is 4.